The van der Waals surface area contributed by atoms with Crippen molar-refractivity contribution in [2.75, 3.05) is 16.8 Å². The molecule has 1 heterocycles. The van der Waals surface area contributed by atoms with Crippen molar-refractivity contribution in [2.45, 2.75) is 33.1 Å². The summed E-state index contributed by atoms with van der Waals surface area (Å²) >= 11 is 9.48. The summed E-state index contributed by atoms with van der Waals surface area (Å²) in [6, 6.07) is 9.49. The largest absolute Gasteiger partial charge is 0.452 e. The van der Waals surface area contributed by atoms with Gasteiger partial charge in [0.25, 0.3) is 5.91 Å². The Morgan fingerprint density at radius 3 is 2.47 bits per heavy atom. The number of esters is 1. The standard InChI is InChI=1S/C25H24BrClN2O5/c1-13-3-8-17-18(11-13)24(32)29(23(17)31)16-6-4-15(5-7-16)25(33)34-12-21(30)28-20-10-9-19(26)22(27)14(20)2/h4-7,9-10,13,17-18H,3,8,11-12H2,1-2H3,(H,28,30)/t13-,17-,18-/m1/s1. The predicted molar refractivity (Wildman–Crippen MR) is 132 cm³/mol. The highest BCUT2D eigenvalue weighted by Crippen LogP contribution is 2.42. The first-order valence-corrected chi connectivity index (χ1v) is 12.2. The quantitative estimate of drug-likeness (QED) is 0.414. The second kappa shape index (κ2) is 9.88. The monoisotopic (exact) mass is 546 g/mol. The maximum Gasteiger partial charge on any atom is 0.338 e. The first-order valence-electron chi connectivity index (χ1n) is 11.1. The molecule has 2 aromatic rings. The van der Waals surface area contributed by atoms with Crippen molar-refractivity contribution in [3.8, 4) is 0 Å². The minimum absolute atomic E-state index is 0.169. The van der Waals surface area contributed by atoms with Crippen LogP contribution in [0.5, 0.6) is 0 Å². The fourth-order valence-corrected chi connectivity index (χ4v) is 5.17. The van der Waals surface area contributed by atoms with Crippen LogP contribution in [0.1, 0.15) is 42.1 Å². The van der Waals surface area contributed by atoms with Crippen LogP contribution in [-0.2, 0) is 19.1 Å². The Hall–Kier alpha value is -2.71. The molecule has 2 fully saturated rings. The van der Waals surface area contributed by atoms with Gasteiger partial charge in [-0.3, -0.25) is 19.3 Å². The number of imide groups is 1. The van der Waals surface area contributed by atoms with Gasteiger partial charge in [-0.1, -0.05) is 18.5 Å². The second-order valence-electron chi connectivity index (χ2n) is 8.85. The molecular formula is C25H24BrClN2O5. The fourth-order valence-electron chi connectivity index (χ4n) is 4.58. The summed E-state index contributed by atoms with van der Waals surface area (Å²) in [6.07, 6.45) is 2.40. The summed E-state index contributed by atoms with van der Waals surface area (Å²) in [4.78, 5) is 51.5. The molecule has 1 aliphatic carbocycles. The molecule has 1 N–H and O–H groups in total. The number of ether oxygens (including phenoxy) is 1. The van der Waals surface area contributed by atoms with Crippen LogP contribution in [0.3, 0.4) is 0 Å². The Bertz CT molecular complexity index is 1170. The second-order valence-corrected chi connectivity index (χ2v) is 10.1. The Kier molecular flexibility index (Phi) is 7.09. The van der Waals surface area contributed by atoms with Gasteiger partial charge in [0.05, 0.1) is 28.1 Å². The lowest BCUT2D eigenvalue weighted by Crippen LogP contribution is -2.30. The summed E-state index contributed by atoms with van der Waals surface area (Å²) in [5.41, 5.74) is 1.86. The van der Waals surface area contributed by atoms with Crippen LogP contribution in [0, 0.1) is 24.7 Å². The van der Waals surface area contributed by atoms with Crippen LogP contribution in [0.2, 0.25) is 5.02 Å². The number of rotatable bonds is 5. The van der Waals surface area contributed by atoms with Crippen molar-refractivity contribution in [3.05, 3.63) is 57.0 Å². The minimum Gasteiger partial charge on any atom is -0.452 e. The molecule has 178 valence electrons. The van der Waals surface area contributed by atoms with E-state index in [0.717, 1.165) is 19.3 Å². The van der Waals surface area contributed by atoms with Gasteiger partial charge in [0.1, 0.15) is 0 Å². The van der Waals surface area contributed by atoms with Gasteiger partial charge in [0.15, 0.2) is 6.61 Å². The molecular weight excluding hydrogens is 524 g/mol. The molecule has 34 heavy (non-hydrogen) atoms. The molecule has 0 spiro atoms. The van der Waals surface area contributed by atoms with Gasteiger partial charge in [-0.15, -0.1) is 0 Å². The highest BCUT2D eigenvalue weighted by atomic mass is 79.9. The number of hydrogen-bond donors (Lipinski definition) is 1. The maximum atomic E-state index is 12.9. The smallest absolute Gasteiger partial charge is 0.338 e. The van der Waals surface area contributed by atoms with Crippen molar-refractivity contribution in [2.24, 2.45) is 17.8 Å². The Morgan fingerprint density at radius 1 is 1.09 bits per heavy atom. The molecule has 1 saturated heterocycles. The van der Waals surface area contributed by atoms with Gasteiger partial charge < -0.3 is 10.1 Å². The molecule has 1 saturated carbocycles. The van der Waals surface area contributed by atoms with Crippen LogP contribution in [0.25, 0.3) is 0 Å². The number of halogens is 2. The van der Waals surface area contributed by atoms with Crippen LogP contribution in [0.15, 0.2) is 40.9 Å². The molecule has 1 aliphatic heterocycles. The summed E-state index contributed by atoms with van der Waals surface area (Å²) in [6.45, 7) is 3.40. The third-order valence-corrected chi connectivity index (χ3v) is 7.87. The number of amides is 3. The van der Waals surface area contributed by atoms with Gasteiger partial charge >= 0.3 is 5.97 Å². The number of fused-ring (bicyclic) bond motifs is 1. The van der Waals surface area contributed by atoms with Crippen molar-refractivity contribution < 1.29 is 23.9 Å². The van der Waals surface area contributed by atoms with Gasteiger partial charge in [0.2, 0.25) is 11.8 Å². The zero-order valence-electron chi connectivity index (χ0n) is 18.8. The van der Waals surface area contributed by atoms with Crippen molar-refractivity contribution in [3.63, 3.8) is 0 Å². The highest BCUT2D eigenvalue weighted by Gasteiger charge is 2.49. The van der Waals surface area contributed by atoms with E-state index >= 15 is 0 Å². The van der Waals surface area contributed by atoms with E-state index in [9.17, 15) is 19.2 Å². The van der Waals surface area contributed by atoms with Crippen LogP contribution >= 0.6 is 27.5 Å². The number of nitrogens with one attached hydrogen (secondary N) is 1. The molecule has 0 radical (unpaired) electrons. The van der Waals surface area contributed by atoms with Gasteiger partial charge in [-0.25, -0.2) is 4.79 Å². The number of benzene rings is 2. The summed E-state index contributed by atoms with van der Waals surface area (Å²) in [5, 5.41) is 3.15. The number of nitrogens with zero attached hydrogens (tertiary/aromatic N) is 1. The number of carbonyl (C=O) groups is 4. The molecule has 2 aromatic carbocycles. The average molecular weight is 548 g/mol. The molecule has 9 heteroatoms. The SMILES string of the molecule is Cc1c(NC(=O)COC(=O)c2ccc(N3C(=O)[C@@H]4CC[C@@H](C)C[C@H]4C3=O)cc2)ccc(Br)c1Cl. The molecule has 0 unspecified atom stereocenters. The summed E-state index contributed by atoms with van der Waals surface area (Å²) in [5.74, 6) is -1.61. The number of hydrogen-bond acceptors (Lipinski definition) is 5. The molecule has 3 amide bonds. The highest BCUT2D eigenvalue weighted by molar-refractivity contribution is 9.10. The van der Waals surface area contributed by atoms with Gasteiger partial charge in [0, 0.05) is 10.2 Å². The van der Waals surface area contributed by atoms with Crippen LogP contribution in [-0.4, -0.2) is 30.3 Å². The van der Waals surface area contributed by atoms with Gasteiger partial charge in [-0.05, 0) is 90.0 Å². The Balaban J connectivity index is 1.36. The lowest BCUT2D eigenvalue weighted by atomic mass is 9.76. The van der Waals surface area contributed by atoms with Crippen molar-refractivity contribution in [1.82, 2.24) is 0 Å². The van der Waals surface area contributed by atoms with Gasteiger partial charge in [-0.2, -0.15) is 0 Å². The van der Waals surface area contributed by atoms with E-state index in [1.54, 1.807) is 31.2 Å². The Labute approximate surface area is 210 Å². The van der Waals surface area contributed by atoms with E-state index in [4.69, 9.17) is 16.3 Å². The summed E-state index contributed by atoms with van der Waals surface area (Å²) in [7, 11) is 0. The van der Waals surface area contributed by atoms with E-state index in [0.29, 0.717) is 32.4 Å². The Morgan fingerprint density at radius 2 is 1.76 bits per heavy atom. The topological polar surface area (TPSA) is 92.8 Å². The minimum atomic E-state index is -0.686. The molecule has 0 aromatic heterocycles. The van der Waals surface area contributed by atoms with E-state index in [2.05, 4.69) is 28.2 Å². The molecule has 0 bridgehead atoms. The zero-order chi connectivity index (χ0) is 24.6. The van der Waals surface area contributed by atoms with E-state index < -0.39 is 18.5 Å². The lowest BCUT2D eigenvalue weighted by molar-refractivity contribution is -0.122. The van der Waals surface area contributed by atoms with E-state index in [-0.39, 0.29) is 29.2 Å². The third-order valence-electron chi connectivity index (χ3n) is 6.50. The van der Waals surface area contributed by atoms with Crippen LogP contribution < -0.4 is 10.2 Å². The lowest BCUT2D eigenvalue weighted by Gasteiger charge is -2.25. The first kappa shape index (κ1) is 24.4. The number of anilines is 2. The predicted octanol–water partition coefficient (Wildman–Crippen LogP) is 5.13. The average Bonchev–Trinajstić information content (AvgIpc) is 3.07. The van der Waals surface area contributed by atoms with Crippen molar-refractivity contribution in [1.29, 1.82) is 0 Å². The van der Waals surface area contributed by atoms with E-state index in [1.807, 2.05) is 0 Å². The number of carbonyl (C=O) groups excluding carboxylic acids is 4. The van der Waals surface area contributed by atoms with Crippen LogP contribution in [0.4, 0.5) is 11.4 Å². The first-order chi connectivity index (χ1) is 16.2. The molecule has 7 nitrogen and oxygen atoms in total. The molecule has 4 rings (SSSR count). The van der Waals surface area contributed by atoms with Crippen molar-refractivity contribution >= 4 is 62.6 Å². The van der Waals surface area contributed by atoms with E-state index in [1.165, 1.54) is 17.0 Å². The summed E-state index contributed by atoms with van der Waals surface area (Å²) < 4.78 is 5.82. The molecule has 2 aliphatic rings. The zero-order valence-corrected chi connectivity index (χ0v) is 21.1. The fraction of sp³-hybridized carbons (Fsp3) is 0.360. The normalized spacial score (nSPS) is 21.9. The molecule has 3 atom stereocenters. The third kappa shape index (κ3) is 4.74. The maximum absolute atomic E-state index is 12.9.